The highest BCUT2D eigenvalue weighted by molar-refractivity contribution is 7.18. The first-order valence-corrected chi connectivity index (χ1v) is 16.8. The maximum atomic E-state index is 11.4. The number of aromatic nitrogens is 5. The number of nitrogens with one attached hydrogen (secondary N) is 3. The molecule has 0 spiro atoms. The highest BCUT2D eigenvalue weighted by atomic mass is 32.1. The van der Waals surface area contributed by atoms with Crippen LogP contribution < -0.4 is 16.4 Å². The number of fused-ring (bicyclic) bond motifs is 6. The van der Waals surface area contributed by atoms with Crippen molar-refractivity contribution in [1.82, 2.24) is 25.1 Å². The van der Waals surface area contributed by atoms with Crippen LogP contribution in [0.25, 0.3) is 53.4 Å². The Labute approximate surface area is 282 Å². The van der Waals surface area contributed by atoms with Crippen molar-refractivity contribution in [1.29, 1.82) is 0 Å². The molecule has 1 amide bonds. The third kappa shape index (κ3) is 5.68. The molecule has 9 rings (SSSR count). The van der Waals surface area contributed by atoms with Crippen LogP contribution in [-0.4, -0.2) is 31.1 Å². The standard InChI is InChI=1S/C19H13N5S.C18H13N3OS/c1-2-4-13(5-3-1)22-19-15-8-9-25-17(15)14-7-6-12(10-16(14)23-19)18-20-11-21-24-18;19-17(22)11-6-7-13-15(10-11)21-18(14-8-9-23-16(13)14)20-12-4-2-1-3-5-12/h1-11H,(H,22,23)(H,20,21,24);1-10H,(H2,19,22)(H,20,21). The van der Waals surface area contributed by atoms with Crippen LogP contribution in [-0.2, 0) is 0 Å². The quantitative estimate of drug-likeness (QED) is 0.139. The Kier molecular flexibility index (Phi) is 7.65. The molecular formula is C37H26N8OS2. The third-order valence-corrected chi connectivity index (χ3v) is 9.73. The molecule has 0 radical (unpaired) electrons. The molecular weight excluding hydrogens is 637 g/mol. The molecule has 4 aromatic carbocycles. The van der Waals surface area contributed by atoms with E-state index in [1.807, 2.05) is 84.2 Å². The van der Waals surface area contributed by atoms with Crippen molar-refractivity contribution in [2.45, 2.75) is 0 Å². The van der Waals surface area contributed by atoms with Crippen LogP contribution in [0, 0.1) is 0 Å². The first-order valence-electron chi connectivity index (χ1n) is 15.0. The largest absolute Gasteiger partial charge is 0.366 e. The van der Waals surface area contributed by atoms with Gasteiger partial charge in [-0.05, 0) is 65.4 Å². The summed E-state index contributed by atoms with van der Waals surface area (Å²) >= 11 is 3.39. The Balaban J connectivity index is 0.000000141. The summed E-state index contributed by atoms with van der Waals surface area (Å²) < 4.78 is 2.37. The molecule has 0 aliphatic heterocycles. The number of amides is 1. The second-order valence-corrected chi connectivity index (χ2v) is 12.7. The molecule has 0 unspecified atom stereocenters. The van der Waals surface area contributed by atoms with E-state index in [2.05, 4.69) is 49.4 Å². The number of para-hydroxylation sites is 2. The zero-order valence-electron chi connectivity index (χ0n) is 25.2. The molecule has 0 saturated heterocycles. The summed E-state index contributed by atoms with van der Waals surface area (Å²) in [6.07, 6.45) is 1.51. The highest BCUT2D eigenvalue weighted by Crippen LogP contribution is 2.37. The average Bonchev–Trinajstić information content (AvgIpc) is 3.92. The zero-order chi connectivity index (χ0) is 32.5. The predicted octanol–water partition coefficient (Wildman–Crippen LogP) is 9.27. The molecule has 5 N–H and O–H groups in total. The summed E-state index contributed by atoms with van der Waals surface area (Å²) in [5.74, 6) is 1.94. The number of nitrogens with zero attached hydrogens (tertiary/aromatic N) is 4. The highest BCUT2D eigenvalue weighted by Gasteiger charge is 2.13. The summed E-state index contributed by atoms with van der Waals surface area (Å²) in [6.45, 7) is 0. The summed E-state index contributed by atoms with van der Waals surface area (Å²) in [5.41, 5.74) is 10.5. The number of benzene rings is 4. The van der Waals surface area contributed by atoms with E-state index in [1.165, 1.54) is 11.0 Å². The summed E-state index contributed by atoms with van der Waals surface area (Å²) in [7, 11) is 0. The molecule has 5 aromatic heterocycles. The van der Waals surface area contributed by atoms with Gasteiger partial charge >= 0.3 is 0 Å². The number of H-pyrrole nitrogens is 1. The van der Waals surface area contributed by atoms with E-state index in [9.17, 15) is 4.79 Å². The molecule has 9 nitrogen and oxygen atoms in total. The molecule has 0 saturated carbocycles. The number of rotatable bonds is 6. The van der Waals surface area contributed by atoms with Crippen molar-refractivity contribution >= 4 is 93.6 Å². The normalized spacial score (nSPS) is 11.1. The van der Waals surface area contributed by atoms with E-state index in [1.54, 1.807) is 34.8 Å². The number of pyridine rings is 2. The molecule has 48 heavy (non-hydrogen) atoms. The minimum atomic E-state index is -0.447. The van der Waals surface area contributed by atoms with E-state index in [-0.39, 0.29) is 0 Å². The summed E-state index contributed by atoms with van der Waals surface area (Å²) in [5, 5.41) is 22.1. The second-order valence-electron chi connectivity index (χ2n) is 10.9. The van der Waals surface area contributed by atoms with E-state index < -0.39 is 5.91 Å². The van der Waals surface area contributed by atoms with Crippen molar-refractivity contribution in [3.8, 4) is 11.4 Å². The number of thiophene rings is 2. The fourth-order valence-electron chi connectivity index (χ4n) is 5.55. The average molecular weight is 663 g/mol. The number of hydrogen-bond donors (Lipinski definition) is 4. The number of carbonyl (C=O) groups excluding carboxylic acids is 1. The van der Waals surface area contributed by atoms with Crippen molar-refractivity contribution in [3.05, 3.63) is 132 Å². The van der Waals surface area contributed by atoms with Gasteiger partial charge in [-0.25, -0.2) is 15.0 Å². The van der Waals surface area contributed by atoms with Crippen LogP contribution in [0.3, 0.4) is 0 Å². The number of hydrogen-bond acceptors (Lipinski definition) is 9. The van der Waals surface area contributed by atoms with Gasteiger partial charge in [0, 0.05) is 53.4 Å². The van der Waals surface area contributed by atoms with Crippen LogP contribution in [0.5, 0.6) is 0 Å². The molecule has 0 bridgehead atoms. The lowest BCUT2D eigenvalue weighted by molar-refractivity contribution is 0.100. The first kappa shape index (κ1) is 29.2. The van der Waals surface area contributed by atoms with Crippen molar-refractivity contribution in [3.63, 3.8) is 0 Å². The molecule has 9 aromatic rings. The van der Waals surface area contributed by atoms with Gasteiger partial charge in [-0.3, -0.25) is 9.89 Å². The number of anilines is 4. The second kappa shape index (κ2) is 12.6. The van der Waals surface area contributed by atoms with Gasteiger partial charge in [-0.15, -0.1) is 22.7 Å². The van der Waals surface area contributed by atoms with Crippen molar-refractivity contribution < 1.29 is 4.79 Å². The van der Waals surface area contributed by atoms with E-state index in [0.717, 1.165) is 71.7 Å². The van der Waals surface area contributed by atoms with Gasteiger partial charge in [0.05, 0.1) is 11.0 Å². The molecule has 232 valence electrons. The predicted molar refractivity (Wildman–Crippen MR) is 198 cm³/mol. The van der Waals surface area contributed by atoms with Gasteiger partial charge in [0.1, 0.15) is 18.0 Å². The molecule has 5 heterocycles. The third-order valence-electron chi connectivity index (χ3n) is 7.84. The van der Waals surface area contributed by atoms with Crippen LogP contribution in [0.1, 0.15) is 10.4 Å². The number of primary amides is 1. The Morgan fingerprint density at radius 1 is 0.646 bits per heavy atom. The van der Waals surface area contributed by atoms with Gasteiger partial charge in [0.2, 0.25) is 5.91 Å². The molecule has 0 fully saturated rings. The van der Waals surface area contributed by atoms with Gasteiger partial charge in [0.25, 0.3) is 0 Å². The fourth-order valence-corrected chi connectivity index (χ4v) is 7.42. The Morgan fingerprint density at radius 3 is 1.75 bits per heavy atom. The zero-order valence-corrected chi connectivity index (χ0v) is 26.8. The van der Waals surface area contributed by atoms with Crippen molar-refractivity contribution in [2.24, 2.45) is 5.73 Å². The smallest absolute Gasteiger partial charge is 0.248 e. The maximum absolute atomic E-state index is 11.4. The van der Waals surface area contributed by atoms with Crippen molar-refractivity contribution in [2.75, 3.05) is 10.6 Å². The summed E-state index contributed by atoms with van der Waals surface area (Å²) in [6, 6.07) is 35.8. The Bertz CT molecular complexity index is 2550. The molecule has 0 atom stereocenters. The molecule has 11 heteroatoms. The monoisotopic (exact) mass is 662 g/mol. The minimum absolute atomic E-state index is 0.447. The van der Waals surface area contributed by atoms with Gasteiger partial charge < -0.3 is 16.4 Å². The molecule has 0 aliphatic rings. The number of carbonyl (C=O) groups is 1. The van der Waals surface area contributed by atoms with Gasteiger partial charge in [-0.1, -0.05) is 54.6 Å². The van der Waals surface area contributed by atoms with Crippen LogP contribution in [0.15, 0.2) is 126 Å². The van der Waals surface area contributed by atoms with Gasteiger partial charge in [-0.2, -0.15) is 5.10 Å². The fraction of sp³-hybridized carbons (Fsp3) is 0. The van der Waals surface area contributed by atoms with Crippen LogP contribution >= 0.6 is 22.7 Å². The van der Waals surface area contributed by atoms with E-state index >= 15 is 0 Å². The maximum Gasteiger partial charge on any atom is 0.248 e. The Hall–Kier alpha value is -6.17. The Morgan fingerprint density at radius 2 is 1.21 bits per heavy atom. The first-order chi connectivity index (χ1) is 23.6. The number of nitrogens with two attached hydrogens (primary N) is 1. The van der Waals surface area contributed by atoms with Gasteiger partial charge in [0.15, 0.2) is 5.82 Å². The topological polar surface area (TPSA) is 134 Å². The number of aromatic amines is 1. The van der Waals surface area contributed by atoms with E-state index in [4.69, 9.17) is 15.7 Å². The SMILES string of the molecule is NC(=O)c1ccc2c(c1)nc(Nc1ccccc1)c1ccsc12.c1ccc(Nc2nc3cc(-c4ncn[nH]4)ccc3c3sccc23)cc1. The lowest BCUT2D eigenvalue weighted by Gasteiger charge is -2.10. The summed E-state index contributed by atoms with van der Waals surface area (Å²) in [4.78, 5) is 25.2. The van der Waals surface area contributed by atoms with Crippen LogP contribution in [0.2, 0.25) is 0 Å². The van der Waals surface area contributed by atoms with Crippen LogP contribution in [0.4, 0.5) is 23.0 Å². The lowest BCUT2D eigenvalue weighted by Crippen LogP contribution is -2.10. The molecule has 0 aliphatic carbocycles. The lowest BCUT2D eigenvalue weighted by atomic mass is 10.1. The minimum Gasteiger partial charge on any atom is -0.366 e. The van der Waals surface area contributed by atoms with E-state index in [0.29, 0.717) is 5.56 Å².